The van der Waals surface area contributed by atoms with Crippen molar-refractivity contribution in [1.29, 1.82) is 0 Å². The minimum Gasteiger partial charge on any atom is -0.497 e. The predicted octanol–water partition coefficient (Wildman–Crippen LogP) is 3.29. The lowest BCUT2D eigenvalue weighted by atomic mass is 9.91. The molecule has 2 N–H and O–H groups in total. The van der Waals surface area contributed by atoms with Crippen molar-refractivity contribution in [2.24, 2.45) is 0 Å². The van der Waals surface area contributed by atoms with Crippen LogP contribution in [0.5, 0.6) is 5.75 Å². The van der Waals surface area contributed by atoms with Crippen LogP contribution in [-0.4, -0.2) is 31.4 Å². The highest BCUT2D eigenvalue weighted by Gasteiger charge is 2.33. The van der Waals surface area contributed by atoms with Crippen LogP contribution in [0.3, 0.4) is 0 Å². The van der Waals surface area contributed by atoms with Gasteiger partial charge in [0.15, 0.2) is 0 Å². The van der Waals surface area contributed by atoms with E-state index in [2.05, 4.69) is 10.6 Å². The molecule has 1 heterocycles. The van der Waals surface area contributed by atoms with Gasteiger partial charge in [0.25, 0.3) is 0 Å². The van der Waals surface area contributed by atoms with Crippen LogP contribution in [0.25, 0.3) is 0 Å². The molecule has 1 saturated heterocycles. The molecule has 1 amide bonds. The van der Waals surface area contributed by atoms with E-state index in [-0.39, 0.29) is 11.3 Å². The van der Waals surface area contributed by atoms with Gasteiger partial charge in [-0.2, -0.15) is 0 Å². The third-order valence-corrected chi connectivity index (χ3v) is 3.76. The molecule has 1 aromatic rings. The van der Waals surface area contributed by atoms with E-state index < -0.39 is 35.4 Å². The van der Waals surface area contributed by atoms with Crippen molar-refractivity contribution in [3.63, 3.8) is 0 Å². The van der Waals surface area contributed by atoms with Gasteiger partial charge < -0.3 is 20.1 Å². The molecule has 1 fully saturated rings. The molecule has 0 bridgehead atoms. The number of carbonyl (C=O) groups is 1. The Bertz CT molecular complexity index is 579. The number of piperidine rings is 1. The lowest BCUT2D eigenvalue weighted by Gasteiger charge is -2.34. The monoisotopic (exact) mass is 342 g/mol. The van der Waals surface area contributed by atoms with Gasteiger partial charge in [-0.1, -0.05) is 0 Å². The van der Waals surface area contributed by atoms with Crippen molar-refractivity contribution in [2.45, 2.75) is 51.3 Å². The van der Waals surface area contributed by atoms with Crippen molar-refractivity contribution in [2.75, 3.05) is 13.7 Å². The first-order valence-electron chi connectivity index (χ1n) is 7.97. The minimum absolute atomic E-state index is 0.100. The lowest BCUT2D eigenvalue weighted by molar-refractivity contribution is 0.0480. The highest BCUT2D eigenvalue weighted by atomic mass is 19.1. The van der Waals surface area contributed by atoms with E-state index in [0.29, 0.717) is 13.0 Å². The molecule has 1 aromatic carbocycles. The normalized spacial score (nSPS) is 21.2. The number of nitrogens with one attached hydrogen (secondary N) is 2. The quantitative estimate of drug-likeness (QED) is 0.885. The number of methoxy groups -OCH3 is 1. The van der Waals surface area contributed by atoms with E-state index in [4.69, 9.17) is 9.47 Å². The van der Waals surface area contributed by atoms with Gasteiger partial charge in [-0.15, -0.1) is 0 Å². The summed E-state index contributed by atoms with van der Waals surface area (Å²) in [7, 11) is 1.35. The van der Waals surface area contributed by atoms with Crippen molar-refractivity contribution in [3.05, 3.63) is 29.3 Å². The van der Waals surface area contributed by atoms with E-state index in [9.17, 15) is 13.6 Å². The Balaban J connectivity index is 2.22. The van der Waals surface area contributed by atoms with E-state index >= 15 is 0 Å². The highest BCUT2D eigenvalue weighted by molar-refractivity contribution is 5.68. The van der Waals surface area contributed by atoms with Gasteiger partial charge in [0.2, 0.25) is 0 Å². The van der Waals surface area contributed by atoms with E-state index in [0.717, 1.165) is 18.6 Å². The fourth-order valence-electron chi connectivity index (χ4n) is 2.78. The molecule has 2 rings (SSSR count). The maximum atomic E-state index is 14.4. The van der Waals surface area contributed by atoms with Crippen LogP contribution in [0, 0.1) is 11.6 Å². The average Bonchev–Trinajstić information content (AvgIpc) is 2.46. The van der Waals surface area contributed by atoms with Crippen LogP contribution < -0.4 is 15.4 Å². The number of hydrogen-bond acceptors (Lipinski definition) is 4. The number of alkyl carbamates (subject to hydrolysis) is 1. The van der Waals surface area contributed by atoms with Crippen LogP contribution >= 0.6 is 0 Å². The van der Waals surface area contributed by atoms with Crippen molar-refractivity contribution in [3.8, 4) is 5.75 Å². The third-order valence-electron chi connectivity index (χ3n) is 3.76. The second-order valence-corrected chi connectivity index (χ2v) is 6.83. The summed E-state index contributed by atoms with van der Waals surface area (Å²) in [5.41, 5.74) is -0.741. The Morgan fingerprint density at radius 3 is 2.46 bits per heavy atom. The summed E-state index contributed by atoms with van der Waals surface area (Å²) in [6.45, 7) is 5.88. The summed E-state index contributed by atoms with van der Waals surface area (Å²) in [6, 6.07) is 1.14. The minimum atomic E-state index is -0.706. The van der Waals surface area contributed by atoms with Crippen LogP contribution in [0.2, 0.25) is 0 Å². The molecule has 0 spiro atoms. The molecule has 2 atom stereocenters. The highest BCUT2D eigenvalue weighted by Crippen LogP contribution is 2.31. The number of carbonyl (C=O) groups excluding carboxylic acids is 1. The fourth-order valence-corrected chi connectivity index (χ4v) is 2.78. The van der Waals surface area contributed by atoms with Crippen LogP contribution in [0.4, 0.5) is 13.6 Å². The van der Waals surface area contributed by atoms with Crippen LogP contribution in [-0.2, 0) is 4.74 Å². The summed E-state index contributed by atoms with van der Waals surface area (Å²) in [6.07, 6.45) is 0.786. The molecule has 0 radical (unpaired) electrons. The molecular formula is C17H24F2N2O3. The summed E-state index contributed by atoms with van der Waals surface area (Å²) < 4.78 is 38.8. The van der Waals surface area contributed by atoms with Gasteiger partial charge >= 0.3 is 6.09 Å². The topological polar surface area (TPSA) is 59.6 Å². The van der Waals surface area contributed by atoms with Gasteiger partial charge in [0.05, 0.1) is 19.2 Å². The van der Waals surface area contributed by atoms with Crippen LogP contribution in [0.15, 0.2) is 12.1 Å². The van der Waals surface area contributed by atoms with Crippen molar-refractivity contribution < 1.29 is 23.0 Å². The number of amides is 1. The smallest absolute Gasteiger partial charge is 0.407 e. The number of ether oxygens (including phenoxy) is 2. The van der Waals surface area contributed by atoms with Gasteiger partial charge in [-0.3, -0.25) is 0 Å². The van der Waals surface area contributed by atoms with Crippen LogP contribution in [0.1, 0.15) is 45.2 Å². The molecule has 5 nitrogen and oxygen atoms in total. The number of rotatable bonds is 3. The Hall–Kier alpha value is -1.89. The fraction of sp³-hybridized carbons (Fsp3) is 0.588. The second-order valence-electron chi connectivity index (χ2n) is 6.83. The molecular weight excluding hydrogens is 318 g/mol. The Kier molecular flexibility index (Phi) is 5.64. The zero-order chi connectivity index (χ0) is 17.9. The Morgan fingerprint density at radius 2 is 1.92 bits per heavy atom. The first-order chi connectivity index (χ1) is 11.2. The third kappa shape index (κ3) is 4.56. The molecule has 2 unspecified atom stereocenters. The average molecular weight is 342 g/mol. The maximum absolute atomic E-state index is 14.4. The summed E-state index contributed by atoms with van der Waals surface area (Å²) >= 11 is 0. The SMILES string of the molecule is COc1cc(F)c(C2NCCCC2NC(=O)OC(C)(C)C)c(F)c1. The zero-order valence-electron chi connectivity index (χ0n) is 14.4. The molecule has 7 heteroatoms. The molecule has 0 saturated carbocycles. The molecule has 0 aliphatic carbocycles. The molecule has 134 valence electrons. The molecule has 0 aromatic heterocycles. The summed E-state index contributed by atoms with van der Waals surface area (Å²) in [5, 5.41) is 5.80. The molecule has 1 aliphatic rings. The second kappa shape index (κ2) is 7.34. The maximum Gasteiger partial charge on any atom is 0.407 e. The number of halogens is 2. The first-order valence-corrected chi connectivity index (χ1v) is 7.97. The molecule has 24 heavy (non-hydrogen) atoms. The standard InChI is InChI=1S/C17H24F2N2O3/c1-17(2,3)24-16(22)21-13-6-5-7-20-15(13)14-11(18)8-10(23-4)9-12(14)19/h8-9,13,15,20H,5-7H2,1-4H3,(H,21,22). The predicted molar refractivity (Wildman–Crippen MR) is 86.0 cm³/mol. The zero-order valence-corrected chi connectivity index (χ0v) is 14.4. The summed E-state index contributed by atoms with van der Waals surface area (Å²) in [4.78, 5) is 12.0. The Morgan fingerprint density at radius 1 is 1.29 bits per heavy atom. The Labute approximate surface area is 140 Å². The van der Waals surface area contributed by atoms with E-state index in [1.807, 2.05) is 0 Å². The largest absolute Gasteiger partial charge is 0.497 e. The van der Waals surface area contributed by atoms with Gasteiger partial charge in [0.1, 0.15) is 23.0 Å². The van der Waals surface area contributed by atoms with Crippen molar-refractivity contribution >= 4 is 6.09 Å². The number of benzene rings is 1. The van der Waals surface area contributed by atoms with Gasteiger partial charge in [-0.25, -0.2) is 13.6 Å². The van der Waals surface area contributed by atoms with Gasteiger partial charge in [-0.05, 0) is 40.2 Å². The van der Waals surface area contributed by atoms with E-state index in [1.165, 1.54) is 7.11 Å². The first kappa shape index (κ1) is 18.4. The van der Waals surface area contributed by atoms with E-state index in [1.54, 1.807) is 20.8 Å². The van der Waals surface area contributed by atoms with Crippen molar-refractivity contribution in [1.82, 2.24) is 10.6 Å². The number of hydrogen-bond donors (Lipinski definition) is 2. The lowest BCUT2D eigenvalue weighted by Crippen LogP contribution is -2.49. The summed E-state index contributed by atoms with van der Waals surface area (Å²) in [5.74, 6) is -1.30. The van der Waals surface area contributed by atoms with Gasteiger partial charge in [0, 0.05) is 17.7 Å². The molecule has 1 aliphatic heterocycles.